The smallest absolute Gasteiger partial charge is 0.257 e. The Bertz CT molecular complexity index is 574. The Balaban J connectivity index is 2.22. The molecule has 0 radical (unpaired) electrons. The number of hydrogen-bond donors (Lipinski definition) is 2. The van der Waals surface area contributed by atoms with Crippen molar-refractivity contribution in [2.45, 2.75) is 0 Å². The van der Waals surface area contributed by atoms with Gasteiger partial charge in [0.15, 0.2) is 0 Å². The van der Waals surface area contributed by atoms with Crippen molar-refractivity contribution in [3.63, 3.8) is 0 Å². The summed E-state index contributed by atoms with van der Waals surface area (Å²) in [5.41, 5.74) is 1.33. The Kier molecular flexibility index (Phi) is 3.47. The van der Waals surface area contributed by atoms with Gasteiger partial charge in [0.25, 0.3) is 5.91 Å². The van der Waals surface area contributed by atoms with Crippen LogP contribution in [0.25, 0.3) is 0 Å². The van der Waals surface area contributed by atoms with Gasteiger partial charge in [-0.15, -0.1) is 0 Å². The second-order valence-corrected chi connectivity index (χ2v) is 3.52. The van der Waals surface area contributed by atoms with Crippen LogP contribution in [0.3, 0.4) is 0 Å². The molecule has 2 heterocycles. The molecule has 0 atom stereocenters. The van der Waals surface area contributed by atoms with Crippen molar-refractivity contribution in [1.29, 1.82) is 0 Å². The Labute approximate surface area is 103 Å². The largest absolute Gasteiger partial charge is 0.386 e. The van der Waals surface area contributed by atoms with E-state index in [-0.39, 0.29) is 5.91 Å². The molecule has 6 heteroatoms. The van der Waals surface area contributed by atoms with Gasteiger partial charge < -0.3 is 10.6 Å². The predicted octanol–water partition coefficient (Wildman–Crippen LogP) is 1.91. The summed E-state index contributed by atoms with van der Waals surface area (Å²) < 4.78 is 12.9. The summed E-state index contributed by atoms with van der Waals surface area (Å²) in [5.74, 6) is -0.856. The van der Waals surface area contributed by atoms with E-state index in [9.17, 15) is 9.18 Å². The molecule has 0 saturated carbocycles. The van der Waals surface area contributed by atoms with Gasteiger partial charge in [-0.2, -0.15) is 0 Å². The minimum atomic E-state index is -0.503. The lowest BCUT2D eigenvalue weighted by Crippen LogP contribution is -2.14. The molecule has 2 N–H and O–H groups in total. The van der Waals surface area contributed by atoms with Crippen LogP contribution in [0.2, 0.25) is 0 Å². The average Bonchev–Trinajstić information content (AvgIpc) is 2.38. The monoisotopic (exact) mass is 246 g/mol. The molecule has 1 amide bonds. The molecule has 0 aliphatic heterocycles. The van der Waals surface area contributed by atoms with Crippen LogP contribution in [0.5, 0.6) is 0 Å². The number of hydrogen-bond acceptors (Lipinski definition) is 4. The molecule has 2 aromatic rings. The highest BCUT2D eigenvalue weighted by atomic mass is 19.1. The van der Waals surface area contributed by atoms with Gasteiger partial charge in [-0.25, -0.2) is 4.39 Å². The first-order valence-electron chi connectivity index (χ1n) is 5.24. The molecular weight excluding hydrogens is 235 g/mol. The second-order valence-electron chi connectivity index (χ2n) is 3.52. The van der Waals surface area contributed by atoms with Crippen LogP contribution < -0.4 is 10.6 Å². The van der Waals surface area contributed by atoms with Gasteiger partial charge in [-0.1, -0.05) is 0 Å². The third-order valence-corrected chi connectivity index (χ3v) is 2.30. The number of aromatic nitrogens is 2. The number of halogens is 1. The first-order chi connectivity index (χ1) is 8.70. The lowest BCUT2D eigenvalue weighted by molar-refractivity contribution is 0.102. The third-order valence-electron chi connectivity index (χ3n) is 2.30. The van der Waals surface area contributed by atoms with Crippen LogP contribution in [0, 0.1) is 5.82 Å². The van der Waals surface area contributed by atoms with Crippen molar-refractivity contribution >= 4 is 17.3 Å². The highest BCUT2D eigenvalue weighted by molar-refractivity contribution is 6.07. The van der Waals surface area contributed by atoms with E-state index >= 15 is 0 Å². The second kappa shape index (κ2) is 5.22. The minimum Gasteiger partial charge on any atom is -0.386 e. The fraction of sp³-hybridized carbons (Fsp3) is 0.0833. The molecule has 0 unspecified atom stereocenters. The zero-order valence-corrected chi connectivity index (χ0v) is 9.64. The molecule has 0 fully saturated rings. The van der Waals surface area contributed by atoms with Crippen molar-refractivity contribution in [1.82, 2.24) is 9.97 Å². The molecule has 5 nitrogen and oxygen atoms in total. The van der Waals surface area contributed by atoms with E-state index < -0.39 is 5.82 Å². The quantitative estimate of drug-likeness (QED) is 0.868. The van der Waals surface area contributed by atoms with E-state index in [1.54, 1.807) is 19.3 Å². The molecule has 2 rings (SSSR count). The van der Waals surface area contributed by atoms with E-state index in [2.05, 4.69) is 20.6 Å². The zero-order valence-electron chi connectivity index (χ0n) is 9.64. The zero-order chi connectivity index (χ0) is 13.0. The number of amides is 1. The van der Waals surface area contributed by atoms with Gasteiger partial charge in [0.1, 0.15) is 5.82 Å². The summed E-state index contributed by atoms with van der Waals surface area (Å²) in [4.78, 5) is 19.5. The number of carbonyl (C=O) groups is 1. The van der Waals surface area contributed by atoms with E-state index in [4.69, 9.17) is 0 Å². The molecule has 0 aliphatic rings. The van der Waals surface area contributed by atoms with Gasteiger partial charge >= 0.3 is 0 Å². The highest BCUT2D eigenvalue weighted by Crippen LogP contribution is 2.15. The van der Waals surface area contributed by atoms with Crippen LogP contribution in [0.4, 0.5) is 15.8 Å². The van der Waals surface area contributed by atoms with Crippen LogP contribution >= 0.6 is 0 Å². The highest BCUT2D eigenvalue weighted by Gasteiger charge is 2.11. The number of carbonyl (C=O) groups excluding carboxylic acids is 1. The summed E-state index contributed by atoms with van der Waals surface area (Å²) in [6.07, 6.45) is 5.50. The summed E-state index contributed by atoms with van der Waals surface area (Å²) >= 11 is 0. The van der Waals surface area contributed by atoms with Crippen LogP contribution in [-0.4, -0.2) is 22.9 Å². The molecule has 0 saturated heterocycles. The SMILES string of the molecule is CNc1cnccc1C(=O)Nc1cncc(F)c1. The maximum absolute atomic E-state index is 12.9. The lowest BCUT2D eigenvalue weighted by Gasteiger charge is -2.08. The van der Waals surface area contributed by atoms with Gasteiger partial charge in [-0.05, 0) is 6.07 Å². The minimum absolute atomic E-state index is 0.305. The van der Waals surface area contributed by atoms with Crippen molar-refractivity contribution in [3.8, 4) is 0 Å². The fourth-order valence-electron chi connectivity index (χ4n) is 1.47. The van der Waals surface area contributed by atoms with Crippen molar-refractivity contribution in [2.24, 2.45) is 0 Å². The van der Waals surface area contributed by atoms with Gasteiger partial charge in [-0.3, -0.25) is 14.8 Å². The van der Waals surface area contributed by atoms with Gasteiger partial charge in [0, 0.05) is 19.3 Å². The van der Waals surface area contributed by atoms with Crippen molar-refractivity contribution < 1.29 is 9.18 Å². The van der Waals surface area contributed by atoms with E-state index in [0.717, 1.165) is 6.20 Å². The first-order valence-corrected chi connectivity index (χ1v) is 5.24. The first kappa shape index (κ1) is 12.0. The molecular formula is C12H11FN4O. The molecule has 0 bridgehead atoms. The van der Waals surface area contributed by atoms with Crippen LogP contribution in [-0.2, 0) is 0 Å². The summed E-state index contributed by atoms with van der Waals surface area (Å²) in [6, 6.07) is 2.78. The van der Waals surface area contributed by atoms with Gasteiger partial charge in [0.2, 0.25) is 0 Å². The van der Waals surface area contributed by atoms with E-state index in [1.165, 1.54) is 18.5 Å². The Morgan fingerprint density at radius 2 is 2.11 bits per heavy atom. The molecule has 0 spiro atoms. The normalized spacial score (nSPS) is 9.89. The van der Waals surface area contributed by atoms with Gasteiger partial charge in [0.05, 0.1) is 35.5 Å². The molecule has 0 aromatic carbocycles. The molecule has 92 valence electrons. The van der Waals surface area contributed by atoms with Crippen LogP contribution in [0.15, 0.2) is 36.9 Å². The van der Waals surface area contributed by atoms with Crippen molar-refractivity contribution in [2.75, 3.05) is 17.7 Å². The van der Waals surface area contributed by atoms with E-state index in [0.29, 0.717) is 16.9 Å². The summed E-state index contributed by atoms with van der Waals surface area (Å²) in [6.45, 7) is 0. The maximum atomic E-state index is 12.9. The van der Waals surface area contributed by atoms with E-state index in [1.807, 2.05) is 0 Å². The number of anilines is 2. The number of nitrogens with zero attached hydrogens (tertiary/aromatic N) is 2. The standard InChI is InChI=1S/C12H11FN4O/c1-14-11-7-15-3-2-10(11)12(18)17-9-4-8(13)5-16-6-9/h2-7,14H,1H3,(H,17,18). The third kappa shape index (κ3) is 2.60. The Morgan fingerprint density at radius 1 is 1.28 bits per heavy atom. The Morgan fingerprint density at radius 3 is 2.83 bits per heavy atom. The Hall–Kier alpha value is -2.50. The topological polar surface area (TPSA) is 66.9 Å². The average molecular weight is 246 g/mol. The summed E-state index contributed by atoms with van der Waals surface area (Å²) in [5, 5.41) is 5.43. The molecule has 0 aliphatic carbocycles. The fourth-order valence-corrected chi connectivity index (χ4v) is 1.47. The molecule has 18 heavy (non-hydrogen) atoms. The summed E-state index contributed by atoms with van der Waals surface area (Å²) in [7, 11) is 1.69. The van der Waals surface area contributed by atoms with Crippen LogP contribution in [0.1, 0.15) is 10.4 Å². The predicted molar refractivity (Wildman–Crippen MR) is 65.9 cm³/mol. The molecule has 2 aromatic heterocycles. The number of nitrogens with one attached hydrogen (secondary N) is 2. The lowest BCUT2D eigenvalue weighted by atomic mass is 10.2. The maximum Gasteiger partial charge on any atom is 0.257 e. The van der Waals surface area contributed by atoms with Crippen molar-refractivity contribution in [3.05, 3.63) is 48.3 Å². The number of pyridine rings is 2. The number of rotatable bonds is 3.